The predicted octanol–water partition coefficient (Wildman–Crippen LogP) is 2.70. The minimum atomic E-state index is 0.262. The van der Waals surface area contributed by atoms with Gasteiger partial charge in [-0.05, 0) is 45.2 Å². The fourth-order valence-corrected chi connectivity index (χ4v) is 2.27. The van der Waals surface area contributed by atoms with E-state index in [1.165, 1.54) is 25.9 Å². The van der Waals surface area contributed by atoms with Gasteiger partial charge in [0.2, 0.25) is 0 Å². The van der Waals surface area contributed by atoms with Gasteiger partial charge in [0.25, 0.3) is 0 Å². The molecule has 1 nitrogen and oxygen atoms in total. The maximum Gasteiger partial charge on any atom is 0.0653 e. The molecule has 1 rings (SSSR count). The van der Waals surface area contributed by atoms with Crippen LogP contribution < -0.4 is 0 Å². The van der Waals surface area contributed by atoms with Crippen molar-refractivity contribution in [3.05, 3.63) is 12.0 Å². The van der Waals surface area contributed by atoms with E-state index >= 15 is 0 Å². The van der Waals surface area contributed by atoms with Gasteiger partial charge in [-0.15, -0.1) is 11.8 Å². The lowest BCUT2D eigenvalue weighted by atomic mass is 10.3. The van der Waals surface area contributed by atoms with Crippen LogP contribution in [0.15, 0.2) is 12.0 Å². The maximum absolute atomic E-state index is 3.75. The fourth-order valence-electron chi connectivity index (χ4n) is 1.53. The third-order valence-electron chi connectivity index (χ3n) is 2.24. The van der Waals surface area contributed by atoms with Crippen molar-refractivity contribution in [2.24, 2.45) is 0 Å². The Balaban J connectivity index is 2.47. The summed E-state index contributed by atoms with van der Waals surface area (Å²) in [7, 11) is 0. The second-order valence-electron chi connectivity index (χ2n) is 3.43. The molecule has 1 aliphatic rings. The first-order valence-corrected chi connectivity index (χ1v) is 5.08. The first-order chi connectivity index (χ1) is 5.17. The number of thioether (sulfide) groups is 1. The Kier molecular flexibility index (Phi) is 3.02. The highest BCUT2D eigenvalue weighted by molar-refractivity contribution is 8.03. The zero-order valence-electron chi connectivity index (χ0n) is 7.47. The van der Waals surface area contributed by atoms with E-state index < -0.39 is 0 Å². The molecule has 1 heterocycles. The van der Waals surface area contributed by atoms with Crippen LogP contribution in [0.4, 0.5) is 0 Å². The third kappa shape index (κ3) is 2.24. The van der Waals surface area contributed by atoms with Gasteiger partial charge in [0.15, 0.2) is 0 Å². The third-order valence-corrected chi connectivity index (χ3v) is 3.24. The van der Waals surface area contributed by atoms with Crippen molar-refractivity contribution in [3.8, 4) is 0 Å². The van der Waals surface area contributed by atoms with Crippen LogP contribution in [-0.4, -0.2) is 22.9 Å². The largest absolute Gasteiger partial charge is 0.289 e. The molecule has 2 heteroatoms. The highest BCUT2D eigenvalue weighted by Crippen LogP contribution is 2.31. The molecule has 1 aliphatic heterocycles. The van der Waals surface area contributed by atoms with Crippen molar-refractivity contribution < 1.29 is 0 Å². The Morgan fingerprint density at radius 2 is 1.91 bits per heavy atom. The van der Waals surface area contributed by atoms with Crippen molar-refractivity contribution in [2.45, 2.75) is 31.6 Å². The van der Waals surface area contributed by atoms with Gasteiger partial charge < -0.3 is 0 Å². The van der Waals surface area contributed by atoms with Gasteiger partial charge in [-0.25, -0.2) is 0 Å². The second kappa shape index (κ2) is 3.63. The number of rotatable bonds is 3. The monoisotopic (exact) mass is 171 g/mol. The van der Waals surface area contributed by atoms with Gasteiger partial charge in [-0.3, -0.25) is 4.90 Å². The summed E-state index contributed by atoms with van der Waals surface area (Å²) in [5, 5.41) is 1.94. The van der Waals surface area contributed by atoms with Gasteiger partial charge in [-0.1, -0.05) is 6.58 Å². The maximum atomic E-state index is 3.75. The lowest BCUT2D eigenvalue weighted by Crippen LogP contribution is -2.38. The molecule has 0 spiro atoms. The molecule has 0 saturated carbocycles. The van der Waals surface area contributed by atoms with Crippen LogP contribution in [0.3, 0.4) is 0 Å². The van der Waals surface area contributed by atoms with E-state index in [4.69, 9.17) is 0 Å². The molecule has 0 N–H and O–H groups in total. The van der Waals surface area contributed by atoms with Crippen LogP contribution in [-0.2, 0) is 0 Å². The Hall–Kier alpha value is 0.0500. The minimum Gasteiger partial charge on any atom is -0.289 e. The van der Waals surface area contributed by atoms with Gasteiger partial charge in [0.1, 0.15) is 0 Å². The molecule has 0 bridgehead atoms. The average molecular weight is 171 g/mol. The molecule has 1 fully saturated rings. The van der Waals surface area contributed by atoms with E-state index in [0.717, 1.165) is 0 Å². The summed E-state index contributed by atoms with van der Waals surface area (Å²) in [6, 6.07) is 0. The second-order valence-corrected chi connectivity index (χ2v) is 4.99. The van der Waals surface area contributed by atoms with E-state index in [1.807, 2.05) is 17.2 Å². The Labute approximate surface area is 73.8 Å². The minimum absolute atomic E-state index is 0.262. The van der Waals surface area contributed by atoms with E-state index in [9.17, 15) is 0 Å². The number of nitrogens with zero attached hydrogens (tertiary/aromatic N) is 1. The molecule has 0 amide bonds. The Bertz CT molecular complexity index is 136. The molecule has 0 aliphatic carbocycles. The first kappa shape index (κ1) is 9.14. The Morgan fingerprint density at radius 1 is 1.36 bits per heavy atom. The number of likely N-dealkylation sites (tertiary alicyclic amines) is 1. The molecule has 0 unspecified atom stereocenters. The lowest BCUT2D eigenvalue weighted by Gasteiger charge is -2.33. The van der Waals surface area contributed by atoms with Crippen molar-refractivity contribution in [3.63, 3.8) is 0 Å². The van der Waals surface area contributed by atoms with Crippen molar-refractivity contribution in [2.75, 3.05) is 13.1 Å². The summed E-state index contributed by atoms with van der Waals surface area (Å²) in [6.07, 6.45) is 2.72. The van der Waals surface area contributed by atoms with E-state index in [1.54, 1.807) is 0 Å². The van der Waals surface area contributed by atoms with Gasteiger partial charge in [-0.2, -0.15) is 0 Å². The molecular weight excluding hydrogens is 154 g/mol. The summed E-state index contributed by atoms with van der Waals surface area (Å²) in [5.41, 5.74) is 0. The smallest absolute Gasteiger partial charge is 0.0653 e. The topological polar surface area (TPSA) is 3.24 Å². The molecule has 0 radical (unpaired) electrons. The number of hydrogen-bond donors (Lipinski definition) is 0. The van der Waals surface area contributed by atoms with Crippen LogP contribution >= 0.6 is 11.8 Å². The molecule has 0 atom stereocenters. The zero-order chi connectivity index (χ0) is 8.32. The van der Waals surface area contributed by atoms with Gasteiger partial charge in [0, 0.05) is 0 Å². The molecule has 0 aromatic rings. The SMILES string of the molecule is C=CSC(C)(C)N1CCCC1. The summed E-state index contributed by atoms with van der Waals surface area (Å²) >= 11 is 1.82. The van der Waals surface area contributed by atoms with Gasteiger partial charge >= 0.3 is 0 Å². The predicted molar refractivity (Wildman–Crippen MR) is 52.7 cm³/mol. The zero-order valence-corrected chi connectivity index (χ0v) is 8.28. The highest BCUT2D eigenvalue weighted by atomic mass is 32.2. The van der Waals surface area contributed by atoms with Crippen LogP contribution in [0.25, 0.3) is 0 Å². The number of hydrogen-bond acceptors (Lipinski definition) is 2. The average Bonchev–Trinajstić information content (AvgIpc) is 2.37. The standard InChI is InChI=1S/C9H17NS/c1-4-11-9(2,3)10-7-5-6-8-10/h4H,1,5-8H2,2-3H3. The molecule has 11 heavy (non-hydrogen) atoms. The van der Waals surface area contributed by atoms with Crippen molar-refractivity contribution in [1.29, 1.82) is 0 Å². The van der Waals surface area contributed by atoms with Crippen LogP contribution in [0, 0.1) is 0 Å². The van der Waals surface area contributed by atoms with Crippen LogP contribution in [0.2, 0.25) is 0 Å². The fraction of sp³-hybridized carbons (Fsp3) is 0.778. The summed E-state index contributed by atoms with van der Waals surface area (Å²) < 4.78 is 0. The van der Waals surface area contributed by atoms with E-state index in [-0.39, 0.29) is 4.87 Å². The summed E-state index contributed by atoms with van der Waals surface area (Å²) in [4.78, 5) is 2.79. The molecule has 0 aromatic heterocycles. The van der Waals surface area contributed by atoms with E-state index in [2.05, 4.69) is 25.3 Å². The first-order valence-electron chi connectivity index (χ1n) is 4.20. The molecular formula is C9H17NS. The summed E-state index contributed by atoms with van der Waals surface area (Å²) in [5.74, 6) is 0. The van der Waals surface area contributed by atoms with Gasteiger partial charge in [0.05, 0.1) is 4.87 Å². The van der Waals surface area contributed by atoms with Crippen LogP contribution in [0.1, 0.15) is 26.7 Å². The Morgan fingerprint density at radius 3 is 2.36 bits per heavy atom. The quantitative estimate of drug-likeness (QED) is 0.642. The van der Waals surface area contributed by atoms with Crippen molar-refractivity contribution >= 4 is 11.8 Å². The lowest BCUT2D eigenvalue weighted by molar-refractivity contribution is 0.246. The molecule has 64 valence electrons. The molecule has 1 saturated heterocycles. The van der Waals surface area contributed by atoms with E-state index in [0.29, 0.717) is 0 Å². The summed E-state index contributed by atoms with van der Waals surface area (Å²) in [6.45, 7) is 10.8. The van der Waals surface area contributed by atoms with Crippen molar-refractivity contribution in [1.82, 2.24) is 4.90 Å². The normalized spacial score (nSPS) is 20.5. The highest BCUT2D eigenvalue weighted by Gasteiger charge is 2.28. The molecule has 0 aromatic carbocycles. The van der Waals surface area contributed by atoms with Crippen LogP contribution in [0.5, 0.6) is 0 Å².